The molecule has 0 saturated carbocycles. The Morgan fingerprint density at radius 3 is 2.45 bits per heavy atom. The summed E-state index contributed by atoms with van der Waals surface area (Å²) >= 11 is 5.93. The summed E-state index contributed by atoms with van der Waals surface area (Å²) in [4.78, 5) is 28.0. The van der Waals surface area contributed by atoms with Crippen molar-refractivity contribution < 1.29 is 18.7 Å². The molecule has 33 heavy (non-hydrogen) atoms. The quantitative estimate of drug-likeness (QED) is 0.462. The number of hydrogen-bond donors (Lipinski definition) is 1. The number of benzene rings is 3. The van der Waals surface area contributed by atoms with E-state index in [-0.39, 0.29) is 22.0 Å². The van der Waals surface area contributed by atoms with Crippen LogP contribution in [0.4, 0.5) is 15.8 Å². The standard InChI is InChI=1S/C26H22ClFN2O3/c1-4-33-20-7-5-6-18(13-20)29-24-23(17-9-8-15(2)16(3)12-17)25(31)30(26(24)32)19-10-11-22(28)21(27)14-19/h5-14,29H,4H2,1-3H3. The largest absolute Gasteiger partial charge is 0.494 e. The van der Waals surface area contributed by atoms with Crippen LogP contribution in [0, 0.1) is 19.7 Å². The van der Waals surface area contributed by atoms with Gasteiger partial charge in [-0.2, -0.15) is 0 Å². The second-order valence-corrected chi connectivity index (χ2v) is 8.09. The van der Waals surface area contributed by atoms with E-state index in [2.05, 4.69) is 5.32 Å². The van der Waals surface area contributed by atoms with Crippen LogP contribution in [0.15, 0.2) is 66.4 Å². The van der Waals surface area contributed by atoms with Crippen molar-refractivity contribution in [2.24, 2.45) is 0 Å². The van der Waals surface area contributed by atoms with E-state index in [1.807, 2.05) is 45.0 Å². The van der Waals surface area contributed by atoms with E-state index in [4.69, 9.17) is 16.3 Å². The van der Waals surface area contributed by atoms with E-state index >= 15 is 0 Å². The zero-order valence-electron chi connectivity index (χ0n) is 18.4. The lowest BCUT2D eigenvalue weighted by Crippen LogP contribution is -2.32. The monoisotopic (exact) mass is 464 g/mol. The highest BCUT2D eigenvalue weighted by molar-refractivity contribution is 6.46. The molecule has 0 fully saturated rings. The van der Waals surface area contributed by atoms with E-state index in [0.717, 1.165) is 22.1 Å². The summed E-state index contributed by atoms with van der Waals surface area (Å²) < 4.78 is 19.3. The Bertz CT molecular complexity index is 1300. The van der Waals surface area contributed by atoms with Gasteiger partial charge in [0.25, 0.3) is 11.8 Å². The normalized spacial score (nSPS) is 13.7. The minimum absolute atomic E-state index is 0.123. The fraction of sp³-hybridized carbons (Fsp3) is 0.154. The molecular weight excluding hydrogens is 443 g/mol. The number of carbonyl (C=O) groups is 2. The van der Waals surface area contributed by atoms with Crippen LogP contribution in [0.3, 0.4) is 0 Å². The number of ether oxygens (including phenoxy) is 1. The summed E-state index contributed by atoms with van der Waals surface area (Å²) in [5.41, 5.74) is 3.80. The molecule has 0 bridgehead atoms. The van der Waals surface area contributed by atoms with Crippen LogP contribution in [0.5, 0.6) is 5.75 Å². The van der Waals surface area contributed by atoms with Gasteiger partial charge in [0.1, 0.15) is 17.3 Å². The van der Waals surface area contributed by atoms with Gasteiger partial charge in [0.05, 0.1) is 22.9 Å². The molecule has 5 nitrogen and oxygen atoms in total. The van der Waals surface area contributed by atoms with Crippen LogP contribution < -0.4 is 15.0 Å². The van der Waals surface area contributed by atoms with Crippen LogP contribution in [0.2, 0.25) is 5.02 Å². The number of aryl methyl sites for hydroxylation is 2. The maximum Gasteiger partial charge on any atom is 0.282 e. The Labute approximate surface area is 196 Å². The third-order valence-corrected chi connectivity index (χ3v) is 5.74. The van der Waals surface area contributed by atoms with Gasteiger partial charge in [0.2, 0.25) is 0 Å². The van der Waals surface area contributed by atoms with Crippen LogP contribution in [-0.4, -0.2) is 18.4 Å². The molecule has 0 radical (unpaired) electrons. The first-order valence-corrected chi connectivity index (χ1v) is 10.8. The summed E-state index contributed by atoms with van der Waals surface area (Å²) in [5.74, 6) is -1.07. The van der Waals surface area contributed by atoms with Gasteiger partial charge in [0, 0.05) is 11.8 Å². The summed E-state index contributed by atoms with van der Waals surface area (Å²) in [6, 6.07) is 16.5. The van der Waals surface area contributed by atoms with Crippen molar-refractivity contribution in [2.75, 3.05) is 16.8 Å². The highest BCUT2D eigenvalue weighted by Crippen LogP contribution is 2.36. The number of amides is 2. The predicted molar refractivity (Wildman–Crippen MR) is 128 cm³/mol. The first kappa shape index (κ1) is 22.6. The average Bonchev–Trinajstić information content (AvgIpc) is 3.02. The number of halogens is 2. The maximum atomic E-state index is 13.7. The van der Waals surface area contributed by atoms with Crippen molar-refractivity contribution in [1.82, 2.24) is 0 Å². The van der Waals surface area contributed by atoms with Gasteiger partial charge in [-0.25, -0.2) is 9.29 Å². The van der Waals surface area contributed by atoms with Gasteiger partial charge in [-0.15, -0.1) is 0 Å². The van der Waals surface area contributed by atoms with Crippen molar-refractivity contribution in [3.8, 4) is 5.75 Å². The molecule has 0 unspecified atom stereocenters. The fourth-order valence-electron chi connectivity index (χ4n) is 3.64. The number of rotatable bonds is 6. The SMILES string of the molecule is CCOc1cccc(NC2=C(c3ccc(C)c(C)c3)C(=O)N(c3ccc(F)c(Cl)c3)C2=O)c1. The first-order valence-electron chi connectivity index (χ1n) is 10.5. The lowest BCUT2D eigenvalue weighted by atomic mass is 9.99. The molecule has 0 spiro atoms. The van der Waals surface area contributed by atoms with Gasteiger partial charge in [-0.3, -0.25) is 9.59 Å². The van der Waals surface area contributed by atoms with Gasteiger partial charge in [-0.05, 0) is 67.8 Å². The molecule has 1 aliphatic heterocycles. The van der Waals surface area contributed by atoms with E-state index in [9.17, 15) is 14.0 Å². The zero-order chi connectivity index (χ0) is 23.7. The summed E-state index contributed by atoms with van der Waals surface area (Å²) in [6.07, 6.45) is 0. The van der Waals surface area contributed by atoms with Crippen molar-refractivity contribution in [2.45, 2.75) is 20.8 Å². The maximum absolute atomic E-state index is 13.7. The van der Waals surface area contributed by atoms with Gasteiger partial charge < -0.3 is 10.1 Å². The molecule has 0 saturated heterocycles. The Morgan fingerprint density at radius 2 is 1.76 bits per heavy atom. The van der Waals surface area contributed by atoms with Crippen molar-refractivity contribution in [3.63, 3.8) is 0 Å². The minimum Gasteiger partial charge on any atom is -0.494 e. The van der Waals surface area contributed by atoms with Crippen LogP contribution in [0.25, 0.3) is 5.57 Å². The van der Waals surface area contributed by atoms with E-state index in [1.165, 1.54) is 12.1 Å². The molecular formula is C26H22ClFN2O3. The first-order chi connectivity index (χ1) is 15.8. The fourth-order valence-corrected chi connectivity index (χ4v) is 3.82. The van der Waals surface area contributed by atoms with Crippen LogP contribution in [0.1, 0.15) is 23.6 Å². The van der Waals surface area contributed by atoms with E-state index < -0.39 is 17.6 Å². The van der Waals surface area contributed by atoms with E-state index in [0.29, 0.717) is 23.6 Å². The number of nitrogens with zero attached hydrogens (tertiary/aromatic N) is 1. The van der Waals surface area contributed by atoms with Crippen molar-refractivity contribution in [3.05, 3.63) is 93.9 Å². The molecule has 168 valence electrons. The highest BCUT2D eigenvalue weighted by atomic mass is 35.5. The second kappa shape index (κ2) is 9.08. The molecule has 1 heterocycles. The number of anilines is 2. The minimum atomic E-state index is -0.632. The van der Waals surface area contributed by atoms with Gasteiger partial charge in [-0.1, -0.05) is 35.9 Å². The molecule has 3 aromatic rings. The van der Waals surface area contributed by atoms with E-state index in [1.54, 1.807) is 18.2 Å². The molecule has 2 amide bonds. The van der Waals surface area contributed by atoms with Crippen molar-refractivity contribution >= 4 is 40.4 Å². The zero-order valence-corrected chi connectivity index (χ0v) is 19.2. The molecule has 3 aromatic carbocycles. The lowest BCUT2D eigenvalue weighted by Gasteiger charge is -2.16. The molecule has 0 atom stereocenters. The van der Waals surface area contributed by atoms with Crippen molar-refractivity contribution in [1.29, 1.82) is 0 Å². The summed E-state index contributed by atoms with van der Waals surface area (Å²) in [6.45, 7) is 6.29. The van der Waals surface area contributed by atoms with Gasteiger partial charge >= 0.3 is 0 Å². The molecule has 1 aliphatic rings. The van der Waals surface area contributed by atoms with Crippen LogP contribution in [-0.2, 0) is 9.59 Å². The summed E-state index contributed by atoms with van der Waals surface area (Å²) in [7, 11) is 0. The average molecular weight is 465 g/mol. The molecule has 4 rings (SSSR count). The third-order valence-electron chi connectivity index (χ3n) is 5.46. The smallest absolute Gasteiger partial charge is 0.282 e. The predicted octanol–water partition coefficient (Wildman–Crippen LogP) is 5.89. The number of nitrogens with one attached hydrogen (secondary N) is 1. The Hall–Kier alpha value is -3.64. The molecule has 1 N–H and O–H groups in total. The molecule has 0 aromatic heterocycles. The van der Waals surface area contributed by atoms with Crippen LogP contribution >= 0.6 is 11.6 Å². The number of hydrogen-bond acceptors (Lipinski definition) is 4. The highest BCUT2D eigenvalue weighted by Gasteiger charge is 2.40. The summed E-state index contributed by atoms with van der Waals surface area (Å²) in [5, 5.41) is 2.93. The molecule has 7 heteroatoms. The number of carbonyl (C=O) groups excluding carboxylic acids is 2. The topological polar surface area (TPSA) is 58.6 Å². The third kappa shape index (κ3) is 4.34. The second-order valence-electron chi connectivity index (χ2n) is 7.68. The van der Waals surface area contributed by atoms with Gasteiger partial charge in [0.15, 0.2) is 0 Å². The Kier molecular flexibility index (Phi) is 6.20. The Balaban J connectivity index is 1.82. The lowest BCUT2D eigenvalue weighted by molar-refractivity contribution is -0.120. The number of imide groups is 1. The molecule has 0 aliphatic carbocycles. The Morgan fingerprint density at radius 1 is 0.970 bits per heavy atom.